The standard InChI is InChI=1S/C16H27NO3/c1-2-3-4-5-6-7-8-9-10-11-13-12-14(18)16(19)15(13)17-20/h12-13,18,20H,2-11H2,1H3. The van der Waals surface area contributed by atoms with Crippen LogP contribution in [-0.2, 0) is 4.79 Å². The van der Waals surface area contributed by atoms with E-state index in [9.17, 15) is 9.90 Å². The van der Waals surface area contributed by atoms with Crippen molar-refractivity contribution < 1.29 is 15.1 Å². The van der Waals surface area contributed by atoms with Crippen molar-refractivity contribution in [3.05, 3.63) is 11.8 Å². The molecule has 2 N–H and O–H groups in total. The number of rotatable bonds is 10. The third kappa shape index (κ3) is 5.35. The molecule has 1 aliphatic carbocycles. The fourth-order valence-electron chi connectivity index (χ4n) is 2.66. The highest BCUT2D eigenvalue weighted by atomic mass is 16.4. The minimum Gasteiger partial charge on any atom is -0.504 e. The van der Waals surface area contributed by atoms with Crippen molar-refractivity contribution >= 4 is 11.5 Å². The quantitative estimate of drug-likeness (QED) is 0.355. The van der Waals surface area contributed by atoms with Crippen molar-refractivity contribution in [1.29, 1.82) is 0 Å². The maximum atomic E-state index is 11.4. The second-order valence-corrected chi connectivity index (χ2v) is 5.59. The monoisotopic (exact) mass is 281 g/mol. The minimum atomic E-state index is -0.534. The van der Waals surface area contributed by atoms with Gasteiger partial charge in [0.05, 0.1) is 0 Å². The van der Waals surface area contributed by atoms with Gasteiger partial charge in [0.25, 0.3) is 0 Å². The predicted molar refractivity (Wildman–Crippen MR) is 80.3 cm³/mol. The molecule has 1 rings (SSSR count). The zero-order valence-electron chi connectivity index (χ0n) is 12.5. The van der Waals surface area contributed by atoms with Crippen LogP contribution in [0.3, 0.4) is 0 Å². The van der Waals surface area contributed by atoms with E-state index in [-0.39, 0.29) is 17.4 Å². The van der Waals surface area contributed by atoms with E-state index in [1.807, 2.05) is 0 Å². The van der Waals surface area contributed by atoms with Gasteiger partial charge in [0.15, 0.2) is 5.76 Å². The average Bonchev–Trinajstić information content (AvgIpc) is 2.72. The number of carbonyl (C=O) groups is 1. The molecule has 1 unspecified atom stereocenters. The van der Waals surface area contributed by atoms with Gasteiger partial charge in [-0.25, -0.2) is 0 Å². The third-order valence-electron chi connectivity index (χ3n) is 3.90. The van der Waals surface area contributed by atoms with Crippen molar-refractivity contribution in [2.75, 3.05) is 0 Å². The molecular weight excluding hydrogens is 254 g/mol. The molecule has 0 aromatic rings. The summed E-state index contributed by atoms with van der Waals surface area (Å²) in [5.41, 5.74) is 0.0852. The molecule has 1 atom stereocenters. The lowest BCUT2D eigenvalue weighted by Crippen LogP contribution is -2.16. The fourth-order valence-corrected chi connectivity index (χ4v) is 2.66. The molecule has 0 amide bonds. The van der Waals surface area contributed by atoms with Crippen molar-refractivity contribution in [2.24, 2.45) is 11.1 Å². The molecule has 0 saturated heterocycles. The van der Waals surface area contributed by atoms with Gasteiger partial charge in [-0.05, 0) is 12.5 Å². The smallest absolute Gasteiger partial charge is 0.245 e. The fraction of sp³-hybridized carbons (Fsp3) is 0.750. The summed E-state index contributed by atoms with van der Waals surface area (Å²) in [6.07, 6.45) is 13.5. The Hall–Kier alpha value is -1.32. The maximum Gasteiger partial charge on any atom is 0.245 e. The molecule has 0 heterocycles. The zero-order valence-corrected chi connectivity index (χ0v) is 12.5. The molecule has 4 heteroatoms. The van der Waals surface area contributed by atoms with Crippen LogP contribution in [0.2, 0.25) is 0 Å². The number of hydrogen-bond donors (Lipinski definition) is 2. The van der Waals surface area contributed by atoms with Gasteiger partial charge in [-0.1, -0.05) is 69.9 Å². The van der Waals surface area contributed by atoms with Crippen LogP contribution in [0.5, 0.6) is 0 Å². The largest absolute Gasteiger partial charge is 0.504 e. The van der Waals surface area contributed by atoms with Gasteiger partial charge in [-0.3, -0.25) is 4.79 Å². The number of aliphatic hydroxyl groups is 1. The van der Waals surface area contributed by atoms with Gasteiger partial charge < -0.3 is 10.3 Å². The number of allylic oxidation sites excluding steroid dienone is 2. The highest BCUT2D eigenvalue weighted by Crippen LogP contribution is 2.23. The molecule has 0 aromatic heterocycles. The maximum absolute atomic E-state index is 11.4. The topological polar surface area (TPSA) is 69.9 Å². The summed E-state index contributed by atoms with van der Waals surface area (Å²) in [5, 5.41) is 21.1. The first kappa shape index (κ1) is 16.7. The van der Waals surface area contributed by atoms with Crippen molar-refractivity contribution in [3.63, 3.8) is 0 Å². The first-order valence-corrected chi connectivity index (χ1v) is 7.88. The number of Topliss-reactive ketones (excluding diaryl/α,β-unsaturated/α-hetero) is 1. The van der Waals surface area contributed by atoms with Crippen LogP contribution in [-0.4, -0.2) is 21.8 Å². The third-order valence-corrected chi connectivity index (χ3v) is 3.90. The average molecular weight is 281 g/mol. The number of hydrogen-bond acceptors (Lipinski definition) is 4. The number of aliphatic hydroxyl groups excluding tert-OH is 1. The van der Waals surface area contributed by atoms with Crippen molar-refractivity contribution in [3.8, 4) is 0 Å². The number of ketones is 1. The number of nitrogens with zero attached hydrogens (tertiary/aromatic N) is 1. The number of unbranched alkanes of at least 4 members (excludes halogenated alkanes) is 8. The van der Waals surface area contributed by atoms with Crippen LogP contribution in [0, 0.1) is 5.92 Å². The van der Waals surface area contributed by atoms with E-state index in [1.54, 1.807) is 0 Å². The number of carbonyl (C=O) groups excluding carboxylic acids is 1. The summed E-state index contributed by atoms with van der Waals surface area (Å²) in [6.45, 7) is 2.23. The Bertz CT molecular complexity index is 361. The summed E-state index contributed by atoms with van der Waals surface area (Å²) < 4.78 is 0. The van der Waals surface area contributed by atoms with Crippen LogP contribution in [0.1, 0.15) is 71.1 Å². The Balaban J connectivity index is 2.06. The summed E-state index contributed by atoms with van der Waals surface area (Å²) in [5.74, 6) is -1.02. The van der Waals surface area contributed by atoms with E-state index < -0.39 is 5.78 Å². The second-order valence-electron chi connectivity index (χ2n) is 5.59. The Morgan fingerprint density at radius 3 is 2.15 bits per heavy atom. The lowest BCUT2D eigenvalue weighted by atomic mass is 9.98. The number of oxime groups is 1. The lowest BCUT2D eigenvalue weighted by Gasteiger charge is -2.07. The molecule has 1 aliphatic rings. The van der Waals surface area contributed by atoms with Crippen molar-refractivity contribution in [2.45, 2.75) is 71.1 Å². The molecule has 114 valence electrons. The normalized spacial score (nSPS) is 20.6. The molecule has 0 bridgehead atoms. The summed E-state index contributed by atoms with van der Waals surface area (Å²) in [7, 11) is 0. The second kappa shape index (κ2) is 9.56. The SMILES string of the molecule is CCCCCCCCCCCC1C=C(O)C(=O)C1=NO. The highest BCUT2D eigenvalue weighted by molar-refractivity contribution is 6.48. The Morgan fingerprint density at radius 2 is 1.60 bits per heavy atom. The highest BCUT2D eigenvalue weighted by Gasteiger charge is 2.31. The molecule has 0 fully saturated rings. The van der Waals surface area contributed by atoms with E-state index >= 15 is 0 Å². The Labute approximate surface area is 121 Å². The van der Waals surface area contributed by atoms with Crippen LogP contribution in [0.4, 0.5) is 0 Å². The molecule has 20 heavy (non-hydrogen) atoms. The van der Waals surface area contributed by atoms with Crippen LogP contribution in [0.25, 0.3) is 0 Å². The van der Waals surface area contributed by atoms with Gasteiger partial charge >= 0.3 is 0 Å². The Morgan fingerprint density at radius 1 is 1.05 bits per heavy atom. The van der Waals surface area contributed by atoms with E-state index in [0.717, 1.165) is 19.3 Å². The van der Waals surface area contributed by atoms with Gasteiger partial charge in [-0.15, -0.1) is 0 Å². The van der Waals surface area contributed by atoms with Crippen molar-refractivity contribution in [1.82, 2.24) is 0 Å². The molecule has 0 saturated carbocycles. The lowest BCUT2D eigenvalue weighted by molar-refractivity contribution is -0.111. The van der Waals surface area contributed by atoms with E-state index in [1.165, 1.54) is 51.0 Å². The molecule has 0 aromatic carbocycles. The van der Waals surface area contributed by atoms with Gasteiger partial charge in [0.2, 0.25) is 5.78 Å². The molecule has 0 radical (unpaired) electrons. The van der Waals surface area contributed by atoms with Gasteiger partial charge in [0.1, 0.15) is 5.71 Å². The molecule has 4 nitrogen and oxygen atoms in total. The molecule has 0 aliphatic heterocycles. The van der Waals surface area contributed by atoms with E-state index in [4.69, 9.17) is 5.21 Å². The summed E-state index contributed by atoms with van der Waals surface area (Å²) in [4.78, 5) is 11.4. The van der Waals surface area contributed by atoms with Crippen LogP contribution < -0.4 is 0 Å². The predicted octanol–water partition coefficient (Wildman–Crippen LogP) is 4.38. The Kier molecular flexibility index (Phi) is 8.00. The first-order chi connectivity index (χ1) is 9.70. The molecular formula is C16H27NO3. The summed E-state index contributed by atoms with van der Waals surface area (Å²) in [6, 6.07) is 0. The minimum absolute atomic E-state index is 0.0852. The van der Waals surface area contributed by atoms with E-state index in [0.29, 0.717) is 0 Å². The van der Waals surface area contributed by atoms with Crippen LogP contribution in [0.15, 0.2) is 17.0 Å². The zero-order chi connectivity index (χ0) is 14.8. The summed E-state index contributed by atoms with van der Waals surface area (Å²) >= 11 is 0. The van der Waals surface area contributed by atoms with Crippen LogP contribution >= 0.6 is 0 Å². The van der Waals surface area contributed by atoms with Gasteiger partial charge in [-0.2, -0.15) is 0 Å². The van der Waals surface area contributed by atoms with E-state index in [2.05, 4.69) is 12.1 Å². The first-order valence-electron chi connectivity index (χ1n) is 7.88. The van der Waals surface area contributed by atoms with Gasteiger partial charge in [0, 0.05) is 5.92 Å². The molecule has 0 spiro atoms.